The number of hydrogen-bond donors (Lipinski definition) is 1. The van der Waals surface area contributed by atoms with Gasteiger partial charge in [-0.2, -0.15) is 0 Å². The van der Waals surface area contributed by atoms with Crippen molar-refractivity contribution < 1.29 is 4.39 Å². The molecule has 1 aliphatic rings. The molecule has 2 aromatic rings. The zero-order valence-corrected chi connectivity index (χ0v) is 11.5. The molecule has 1 aromatic heterocycles. The topological polar surface area (TPSA) is 20.7 Å². The van der Waals surface area contributed by atoms with Gasteiger partial charge in [0.15, 0.2) is 4.77 Å². The fourth-order valence-electron chi connectivity index (χ4n) is 3.08. The van der Waals surface area contributed by atoms with Crippen LogP contribution in [0.3, 0.4) is 0 Å². The molecule has 1 aliphatic carbocycles. The summed E-state index contributed by atoms with van der Waals surface area (Å²) >= 11 is 5.39. The summed E-state index contributed by atoms with van der Waals surface area (Å²) < 4.78 is 16.2. The van der Waals surface area contributed by atoms with Crippen molar-refractivity contribution in [3.05, 3.63) is 28.8 Å². The highest BCUT2D eigenvalue weighted by Crippen LogP contribution is 2.44. The number of rotatable bonds is 1. The number of H-pyrrole nitrogens is 1. The summed E-state index contributed by atoms with van der Waals surface area (Å²) in [7, 11) is 0. The maximum Gasteiger partial charge on any atom is 0.178 e. The fraction of sp³-hybridized carbons (Fsp3) is 0.500. The van der Waals surface area contributed by atoms with Gasteiger partial charge in [-0.1, -0.05) is 13.8 Å². The summed E-state index contributed by atoms with van der Waals surface area (Å²) in [4.78, 5) is 3.17. The second-order valence-corrected chi connectivity index (χ2v) is 6.41. The number of aromatic amines is 1. The van der Waals surface area contributed by atoms with E-state index in [1.807, 2.05) is 0 Å². The largest absolute Gasteiger partial charge is 0.331 e. The Kier molecular flexibility index (Phi) is 2.59. The van der Waals surface area contributed by atoms with Crippen molar-refractivity contribution in [1.29, 1.82) is 0 Å². The monoisotopic (exact) mass is 264 g/mol. The summed E-state index contributed by atoms with van der Waals surface area (Å²) in [6, 6.07) is 5.20. The second-order valence-electron chi connectivity index (χ2n) is 6.02. The van der Waals surface area contributed by atoms with Gasteiger partial charge in [0.25, 0.3) is 0 Å². The highest BCUT2D eigenvalue weighted by atomic mass is 32.1. The van der Waals surface area contributed by atoms with E-state index in [1.54, 1.807) is 12.1 Å². The molecule has 96 valence electrons. The number of hydrogen-bond acceptors (Lipinski definition) is 1. The van der Waals surface area contributed by atoms with Gasteiger partial charge in [-0.15, -0.1) is 0 Å². The van der Waals surface area contributed by atoms with E-state index in [9.17, 15) is 4.39 Å². The van der Waals surface area contributed by atoms with Crippen LogP contribution in [0.4, 0.5) is 4.39 Å². The van der Waals surface area contributed by atoms with Crippen molar-refractivity contribution in [2.45, 2.75) is 39.2 Å². The Morgan fingerprint density at radius 3 is 2.89 bits per heavy atom. The van der Waals surface area contributed by atoms with Gasteiger partial charge in [-0.3, -0.25) is 0 Å². The summed E-state index contributed by atoms with van der Waals surface area (Å²) in [5.41, 5.74) is 2.17. The lowest BCUT2D eigenvalue weighted by Gasteiger charge is -2.18. The average molecular weight is 264 g/mol. The van der Waals surface area contributed by atoms with Crippen LogP contribution in [-0.4, -0.2) is 9.55 Å². The molecule has 3 rings (SSSR count). The van der Waals surface area contributed by atoms with Crippen LogP contribution in [0.15, 0.2) is 18.2 Å². The minimum Gasteiger partial charge on any atom is -0.331 e. The number of benzene rings is 1. The number of fused-ring (bicyclic) bond motifs is 1. The van der Waals surface area contributed by atoms with Crippen molar-refractivity contribution in [3.8, 4) is 0 Å². The molecular weight excluding hydrogens is 247 g/mol. The Morgan fingerprint density at radius 2 is 2.22 bits per heavy atom. The fourth-order valence-corrected chi connectivity index (χ4v) is 3.43. The lowest BCUT2D eigenvalue weighted by atomic mass is 9.92. The van der Waals surface area contributed by atoms with E-state index in [4.69, 9.17) is 12.2 Å². The quantitative estimate of drug-likeness (QED) is 0.747. The predicted molar refractivity (Wildman–Crippen MR) is 73.7 cm³/mol. The van der Waals surface area contributed by atoms with Gasteiger partial charge >= 0.3 is 0 Å². The number of imidazole rings is 1. The molecule has 1 N–H and O–H groups in total. The Balaban J connectivity index is 2.14. The van der Waals surface area contributed by atoms with Crippen molar-refractivity contribution >= 4 is 23.3 Å². The molecular formula is C14H17FN2S. The summed E-state index contributed by atoms with van der Waals surface area (Å²) in [6.45, 7) is 4.57. The van der Waals surface area contributed by atoms with Gasteiger partial charge in [0, 0.05) is 6.04 Å². The SMILES string of the molecule is CC1(C)CCC(n2c(=S)[nH]c3ccc(F)cc32)C1. The summed E-state index contributed by atoms with van der Waals surface area (Å²) in [6.07, 6.45) is 3.41. The molecule has 18 heavy (non-hydrogen) atoms. The Hall–Kier alpha value is -1.16. The molecule has 2 nitrogen and oxygen atoms in total. The number of halogens is 1. The normalized spacial score (nSPS) is 22.7. The molecule has 1 heterocycles. The molecule has 0 bridgehead atoms. The summed E-state index contributed by atoms with van der Waals surface area (Å²) in [5, 5.41) is 0. The Bertz CT molecular complexity index is 653. The zero-order valence-electron chi connectivity index (χ0n) is 10.7. The van der Waals surface area contributed by atoms with Crippen LogP contribution in [0, 0.1) is 16.0 Å². The molecule has 4 heteroatoms. The minimum atomic E-state index is -0.206. The Labute approximate surface area is 111 Å². The molecule has 1 saturated carbocycles. The van der Waals surface area contributed by atoms with Crippen LogP contribution in [0.5, 0.6) is 0 Å². The lowest BCUT2D eigenvalue weighted by Crippen LogP contribution is -2.09. The van der Waals surface area contributed by atoms with E-state index in [0.29, 0.717) is 16.2 Å². The average Bonchev–Trinajstić information content (AvgIpc) is 2.77. The van der Waals surface area contributed by atoms with Gasteiger partial charge in [-0.05, 0) is 55.1 Å². The van der Waals surface area contributed by atoms with E-state index >= 15 is 0 Å². The van der Waals surface area contributed by atoms with Crippen LogP contribution in [0.2, 0.25) is 0 Å². The highest BCUT2D eigenvalue weighted by Gasteiger charge is 2.32. The van der Waals surface area contributed by atoms with Gasteiger partial charge in [-0.25, -0.2) is 4.39 Å². The molecule has 0 spiro atoms. The van der Waals surface area contributed by atoms with Crippen LogP contribution in [-0.2, 0) is 0 Å². The maximum atomic E-state index is 13.4. The first kappa shape index (κ1) is 11.9. The molecule has 0 aliphatic heterocycles. The third-order valence-corrected chi connectivity index (χ3v) is 4.29. The molecule has 0 saturated heterocycles. The maximum absolute atomic E-state index is 13.4. The predicted octanol–water partition coefficient (Wildman–Crippen LogP) is 4.59. The molecule has 1 fully saturated rings. The number of aromatic nitrogens is 2. The molecule has 1 atom stereocenters. The second kappa shape index (κ2) is 3.92. The molecule has 1 aromatic carbocycles. The van der Waals surface area contributed by atoms with E-state index in [1.165, 1.54) is 12.5 Å². The van der Waals surface area contributed by atoms with Crippen LogP contribution >= 0.6 is 12.2 Å². The van der Waals surface area contributed by atoms with Gasteiger partial charge in [0.1, 0.15) is 5.82 Å². The van der Waals surface area contributed by atoms with E-state index in [2.05, 4.69) is 23.4 Å². The first-order valence-corrected chi connectivity index (χ1v) is 6.77. The van der Waals surface area contributed by atoms with Crippen molar-refractivity contribution in [1.82, 2.24) is 9.55 Å². The van der Waals surface area contributed by atoms with E-state index < -0.39 is 0 Å². The number of nitrogens with zero attached hydrogens (tertiary/aromatic N) is 1. The van der Waals surface area contributed by atoms with Crippen molar-refractivity contribution in [3.63, 3.8) is 0 Å². The third kappa shape index (κ3) is 1.88. The van der Waals surface area contributed by atoms with E-state index in [-0.39, 0.29) is 5.82 Å². The molecule has 1 unspecified atom stereocenters. The third-order valence-electron chi connectivity index (χ3n) is 3.99. The van der Waals surface area contributed by atoms with Crippen LogP contribution in [0.25, 0.3) is 11.0 Å². The van der Waals surface area contributed by atoms with E-state index in [0.717, 1.165) is 23.9 Å². The van der Waals surface area contributed by atoms with Crippen molar-refractivity contribution in [2.75, 3.05) is 0 Å². The first-order chi connectivity index (χ1) is 8.46. The van der Waals surface area contributed by atoms with Gasteiger partial charge in [0.05, 0.1) is 11.0 Å². The van der Waals surface area contributed by atoms with Gasteiger partial charge < -0.3 is 9.55 Å². The zero-order chi connectivity index (χ0) is 12.9. The first-order valence-electron chi connectivity index (χ1n) is 6.36. The van der Waals surface area contributed by atoms with Gasteiger partial charge in [0.2, 0.25) is 0 Å². The summed E-state index contributed by atoms with van der Waals surface area (Å²) in [5.74, 6) is -0.206. The number of nitrogens with one attached hydrogen (secondary N) is 1. The van der Waals surface area contributed by atoms with Crippen LogP contribution in [0.1, 0.15) is 39.2 Å². The lowest BCUT2D eigenvalue weighted by molar-refractivity contribution is 0.360. The van der Waals surface area contributed by atoms with Crippen molar-refractivity contribution in [2.24, 2.45) is 5.41 Å². The standard InChI is InChI=1S/C14H17FN2S/c1-14(2)6-5-10(8-14)17-12-7-9(15)3-4-11(12)16-13(17)18/h3-4,7,10H,5-6,8H2,1-2H3,(H,16,18). The molecule has 0 amide bonds. The smallest absolute Gasteiger partial charge is 0.178 e. The highest BCUT2D eigenvalue weighted by molar-refractivity contribution is 7.71. The molecule has 0 radical (unpaired) electrons. The minimum absolute atomic E-state index is 0.206. The Morgan fingerprint density at radius 1 is 1.44 bits per heavy atom. The van der Waals surface area contributed by atoms with Crippen LogP contribution < -0.4 is 0 Å².